The molecule has 0 fully saturated rings. The van der Waals surface area contributed by atoms with Gasteiger partial charge in [-0.25, -0.2) is 4.98 Å². The predicted molar refractivity (Wildman–Crippen MR) is 119 cm³/mol. The molecule has 8 heteroatoms. The highest BCUT2D eigenvalue weighted by molar-refractivity contribution is 7.99. The van der Waals surface area contributed by atoms with Crippen LogP contribution in [0.3, 0.4) is 0 Å². The Morgan fingerprint density at radius 1 is 1.24 bits per heavy atom. The molecule has 1 amide bonds. The average molecular weight is 421 g/mol. The Morgan fingerprint density at radius 2 is 1.93 bits per heavy atom. The summed E-state index contributed by atoms with van der Waals surface area (Å²) >= 11 is 1.29. The standard InChI is InChI=1S/C21H32N4O3S/c1-15(2)24(16(3)4)11-12-25-20(27)17-8-6-7-9-18(17)23-21(25)29-14-19(26)22-10-13-28-5/h6-9,15-16H,10-14H2,1-5H3,(H,22,26). The number of carbonyl (C=O) groups is 1. The molecule has 29 heavy (non-hydrogen) atoms. The second-order valence-electron chi connectivity index (χ2n) is 7.43. The van der Waals surface area contributed by atoms with Gasteiger partial charge >= 0.3 is 0 Å². The number of nitrogens with zero attached hydrogens (tertiary/aromatic N) is 3. The smallest absolute Gasteiger partial charge is 0.262 e. The van der Waals surface area contributed by atoms with Crippen LogP contribution in [-0.4, -0.2) is 65.0 Å². The minimum atomic E-state index is -0.105. The van der Waals surface area contributed by atoms with Gasteiger partial charge in [-0.05, 0) is 39.8 Å². The zero-order chi connectivity index (χ0) is 21.4. The molecule has 0 saturated heterocycles. The van der Waals surface area contributed by atoms with Gasteiger partial charge in [0, 0.05) is 38.8 Å². The molecule has 0 spiro atoms. The van der Waals surface area contributed by atoms with E-state index in [2.05, 4.69) is 42.9 Å². The molecule has 0 bridgehead atoms. The van der Waals surface area contributed by atoms with E-state index >= 15 is 0 Å². The van der Waals surface area contributed by atoms with Crippen molar-refractivity contribution in [1.29, 1.82) is 0 Å². The van der Waals surface area contributed by atoms with E-state index in [0.717, 1.165) is 6.54 Å². The molecule has 0 unspecified atom stereocenters. The van der Waals surface area contributed by atoms with Gasteiger partial charge in [-0.2, -0.15) is 0 Å². The number of rotatable bonds is 11. The van der Waals surface area contributed by atoms with Crippen LogP contribution >= 0.6 is 11.8 Å². The highest BCUT2D eigenvalue weighted by Crippen LogP contribution is 2.18. The number of amides is 1. The first-order chi connectivity index (χ1) is 13.8. The van der Waals surface area contributed by atoms with E-state index in [1.807, 2.05) is 18.2 Å². The third-order valence-corrected chi connectivity index (χ3v) is 5.67. The number of nitrogens with one attached hydrogen (secondary N) is 1. The lowest BCUT2D eigenvalue weighted by atomic mass is 10.2. The maximum absolute atomic E-state index is 13.1. The normalized spacial score (nSPS) is 11.7. The van der Waals surface area contributed by atoms with Gasteiger partial charge in [-0.1, -0.05) is 23.9 Å². The number of para-hydroxylation sites is 1. The summed E-state index contributed by atoms with van der Waals surface area (Å²) in [6.07, 6.45) is 0. The van der Waals surface area contributed by atoms with Crippen molar-refractivity contribution in [3.8, 4) is 0 Å². The van der Waals surface area contributed by atoms with Crippen molar-refractivity contribution < 1.29 is 9.53 Å². The Morgan fingerprint density at radius 3 is 2.59 bits per heavy atom. The lowest BCUT2D eigenvalue weighted by Crippen LogP contribution is -2.40. The zero-order valence-electron chi connectivity index (χ0n) is 18.0. The Kier molecular flexibility index (Phi) is 9.13. The minimum absolute atomic E-state index is 0.0645. The molecule has 1 heterocycles. The van der Waals surface area contributed by atoms with Crippen LogP contribution in [0.5, 0.6) is 0 Å². The van der Waals surface area contributed by atoms with Crippen molar-refractivity contribution in [3.63, 3.8) is 0 Å². The van der Waals surface area contributed by atoms with Gasteiger partial charge < -0.3 is 10.1 Å². The summed E-state index contributed by atoms with van der Waals surface area (Å²) in [7, 11) is 1.59. The van der Waals surface area contributed by atoms with E-state index in [1.165, 1.54) is 11.8 Å². The zero-order valence-corrected chi connectivity index (χ0v) is 18.8. The molecule has 2 aromatic rings. The summed E-state index contributed by atoms with van der Waals surface area (Å²) in [5, 5.41) is 3.97. The number of hydrogen-bond donors (Lipinski definition) is 1. The van der Waals surface area contributed by atoms with Crippen LogP contribution in [0.25, 0.3) is 10.9 Å². The van der Waals surface area contributed by atoms with Crippen molar-refractivity contribution in [2.45, 2.75) is 51.5 Å². The number of carbonyl (C=O) groups excluding carboxylic acids is 1. The SMILES string of the molecule is COCCNC(=O)CSc1nc2ccccc2c(=O)n1CCN(C(C)C)C(C)C. The summed E-state index contributed by atoms with van der Waals surface area (Å²) in [6, 6.07) is 8.10. The Bertz CT molecular complexity index is 859. The summed E-state index contributed by atoms with van der Waals surface area (Å²) in [4.78, 5) is 32.2. The summed E-state index contributed by atoms with van der Waals surface area (Å²) in [5.41, 5.74) is 0.589. The second-order valence-corrected chi connectivity index (χ2v) is 8.37. The van der Waals surface area contributed by atoms with Gasteiger partial charge in [0.15, 0.2) is 5.16 Å². The highest BCUT2D eigenvalue weighted by Gasteiger charge is 2.17. The molecule has 0 saturated carbocycles. The topological polar surface area (TPSA) is 76.5 Å². The van der Waals surface area contributed by atoms with Gasteiger partial charge in [0.2, 0.25) is 5.91 Å². The van der Waals surface area contributed by atoms with Crippen molar-refractivity contribution in [2.75, 3.05) is 32.6 Å². The highest BCUT2D eigenvalue weighted by atomic mass is 32.2. The van der Waals surface area contributed by atoms with Crippen LogP contribution in [0.15, 0.2) is 34.2 Å². The lowest BCUT2D eigenvalue weighted by molar-refractivity contribution is -0.118. The van der Waals surface area contributed by atoms with Gasteiger partial charge in [-0.3, -0.25) is 19.1 Å². The fraction of sp³-hybridized carbons (Fsp3) is 0.571. The molecule has 0 aliphatic heterocycles. The molecule has 0 radical (unpaired) electrons. The summed E-state index contributed by atoms with van der Waals surface area (Å²) in [6.45, 7) is 10.8. The monoisotopic (exact) mass is 420 g/mol. The number of thioether (sulfide) groups is 1. The number of aromatic nitrogens is 2. The first-order valence-corrected chi connectivity index (χ1v) is 11.0. The van der Waals surface area contributed by atoms with Crippen LogP contribution in [0.4, 0.5) is 0 Å². The van der Waals surface area contributed by atoms with E-state index < -0.39 is 0 Å². The third-order valence-electron chi connectivity index (χ3n) is 4.70. The molecule has 0 atom stereocenters. The number of ether oxygens (including phenoxy) is 1. The molecule has 160 valence electrons. The fourth-order valence-electron chi connectivity index (χ4n) is 3.26. The van der Waals surface area contributed by atoms with Crippen LogP contribution in [-0.2, 0) is 16.1 Å². The van der Waals surface area contributed by atoms with E-state index in [-0.39, 0.29) is 17.2 Å². The molecule has 2 rings (SSSR count). The Balaban J connectivity index is 2.26. The number of fused-ring (bicyclic) bond motifs is 1. The van der Waals surface area contributed by atoms with Crippen LogP contribution in [0, 0.1) is 0 Å². The van der Waals surface area contributed by atoms with Crippen molar-refractivity contribution in [3.05, 3.63) is 34.6 Å². The number of hydrogen-bond acceptors (Lipinski definition) is 6. The molecular formula is C21H32N4O3S. The lowest BCUT2D eigenvalue weighted by Gasteiger charge is -2.30. The maximum atomic E-state index is 13.1. The quantitative estimate of drug-likeness (QED) is 0.342. The van der Waals surface area contributed by atoms with Crippen LogP contribution < -0.4 is 10.9 Å². The first-order valence-electron chi connectivity index (χ1n) is 9.99. The van der Waals surface area contributed by atoms with E-state index in [4.69, 9.17) is 4.74 Å². The van der Waals surface area contributed by atoms with Crippen molar-refractivity contribution >= 4 is 28.6 Å². The van der Waals surface area contributed by atoms with E-state index in [0.29, 0.717) is 47.8 Å². The van der Waals surface area contributed by atoms with Gasteiger partial charge in [0.05, 0.1) is 23.3 Å². The molecule has 0 aliphatic rings. The maximum Gasteiger partial charge on any atom is 0.262 e. The van der Waals surface area contributed by atoms with E-state index in [1.54, 1.807) is 17.7 Å². The first kappa shape index (κ1) is 23.4. The van der Waals surface area contributed by atoms with Crippen LogP contribution in [0.1, 0.15) is 27.7 Å². The summed E-state index contributed by atoms with van der Waals surface area (Å²) in [5.74, 6) is 0.0963. The molecule has 1 N–H and O–H groups in total. The number of methoxy groups -OCH3 is 1. The van der Waals surface area contributed by atoms with Crippen molar-refractivity contribution in [1.82, 2.24) is 19.8 Å². The van der Waals surface area contributed by atoms with Crippen LogP contribution in [0.2, 0.25) is 0 Å². The van der Waals surface area contributed by atoms with Gasteiger partial charge in [0.1, 0.15) is 0 Å². The molecule has 0 aliphatic carbocycles. The van der Waals surface area contributed by atoms with Crippen molar-refractivity contribution in [2.24, 2.45) is 0 Å². The summed E-state index contributed by atoms with van der Waals surface area (Å²) < 4.78 is 6.65. The molecule has 7 nitrogen and oxygen atoms in total. The number of benzene rings is 1. The molecular weight excluding hydrogens is 388 g/mol. The third kappa shape index (κ3) is 6.55. The Hall–Kier alpha value is -1.90. The minimum Gasteiger partial charge on any atom is -0.383 e. The average Bonchev–Trinajstić information content (AvgIpc) is 2.68. The van der Waals surface area contributed by atoms with Gasteiger partial charge in [0.25, 0.3) is 5.56 Å². The van der Waals surface area contributed by atoms with E-state index in [9.17, 15) is 9.59 Å². The Labute approximate surface area is 176 Å². The fourth-order valence-corrected chi connectivity index (χ4v) is 4.11. The molecule has 1 aromatic carbocycles. The molecule has 1 aromatic heterocycles. The second kappa shape index (κ2) is 11.3. The largest absolute Gasteiger partial charge is 0.383 e. The predicted octanol–water partition coefficient (Wildman–Crippen LogP) is 2.37. The van der Waals surface area contributed by atoms with Gasteiger partial charge in [-0.15, -0.1) is 0 Å².